The number of H-pyrrole nitrogens is 1. The minimum absolute atomic E-state index is 0.0234. The van der Waals surface area contributed by atoms with Crippen LogP contribution in [0, 0.1) is 0 Å². The second kappa shape index (κ2) is 6.83. The minimum Gasteiger partial charge on any atom is -0.454 e. The van der Waals surface area contributed by atoms with Gasteiger partial charge in [-0.05, 0) is 60.9 Å². The molecule has 1 aliphatic heterocycles. The summed E-state index contributed by atoms with van der Waals surface area (Å²) in [5, 5.41) is 4.97. The Balaban J connectivity index is 1.51. The van der Waals surface area contributed by atoms with E-state index in [1.807, 2.05) is 37.3 Å². The van der Waals surface area contributed by atoms with Crippen molar-refractivity contribution in [3.05, 3.63) is 57.9 Å². The van der Waals surface area contributed by atoms with Crippen molar-refractivity contribution in [2.24, 2.45) is 0 Å². The predicted octanol–water partition coefficient (Wildman–Crippen LogP) is 2.98. The van der Waals surface area contributed by atoms with Crippen LogP contribution >= 0.6 is 0 Å². The fraction of sp³-hybridized carbons (Fsp3) is 0.375. The topological polar surface area (TPSA) is 63.4 Å². The first-order chi connectivity index (χ1) is 13.7. The van der Waals surface area contributed by atoms with Gasteiger partial charge in [-0.3, -0.25) is 4.79 Å². The third-order valence-corrected chi connectivity index (χ3v) is 5.66. The molecule has 1 aromatic carbocycles. The van der Waals surface area contributed by atoms with Crippen LogP contribution in [0.25, 0.3) is 12.7 Å². The van der Waals surface area contributed by atoms with E-state index in [1.54, 1.807) is 0 Å². The number of hydrogen-bond acceptors (Lipinski definition) is 3. The van der Waals surface area contributed by atoms with Gasteiger partial charge in [0.1, 0.15) is 0 Å². The van der Waals surface area contributed by atoms with E-state index >= 15 is 0 Å². The first-order valence-electron chi connectivity index (χ1n) is 9.98. The van der Waals surface area contributed by atoms with Gasteiger partial charge in [0.15, 0.2) is 11.5 Å². The largest absolute Gasteiger partial charge is 0.454 e. The Morgan fingerprint density at radius 1 is 1.21 bits per heavy atom. The van der Waals surface area contributed by atoms with Gasteiger partial charge in [-0.15, -0.1) is 0 Å². The van der Waals surface area contributed by atoms with Gasteiger partial charge in [-0.25, -0.2) is 0 Å². The zero-order valence-electron chi connectivity index (χ0n) is 17.5. The molecule has 152 valence electrons. The number of allylic oxidation sites excluding steroid dienone is 2. The number of nitrogens with one attached hydrogen (secondary N) is 2. The van der Waals surface area contributed by atoms with Gasteiger partial charge in [0.2, 0.25) is 12.7 Å². The smallest absolute Gasteiger partial charge is 0.234 e. The standard InChI is InChI=1S/C24H28N2O3/c1-15-12-21(23(3,4)5)26-18(15)8-6-16(2)25-22(27)24(10-11-24)17-7-9-19-20(13-17)29-14-28-19/h6-9,12-13,26H,1,10-11,14H2,2-5H3,(H,25,27)/b16-6+,18-8+. The lowest BCUT2D eigenvalue weighted by atomic mass is 9.92. The second-order valence-corrected chi connectivity index (χ2v) is 8.99. The zero-order valence-corrected chi connectivity index (χ0v) is 17.5. The van der Waals surface area contributed by atoms with E-state index in [0.717, 1.165) is 46.1 Å². The maximum atomic E-state index is 13.0. The maximum Gasteiger partial charge on any atom is 0.234 e. The molecule has 1 aromatic heterocycles. The highest BCUT2D eigenvalue weighted by atomic mass is 16.7. The molecule has 2 aromatic rings. The van der Waals surface area contributed by atoms with E-state index in [1.165, 1.54) is 0 Å². The molecular weight excluding hydrogens is 364 g/mol. The second-order valence-electron chi connectivity index (χ2n) is 8.99. The molecule has 5 heteroatoms. The van der Waals surface area contributed by atoms with E-state index in [4.69, 9.17) is 9.47 Å². The molecule has 1 amide bonds. The van der Waals surface area contributed by atoms with Crippen LogP contribution in [0.5, 0.6) is 11.5 Å². The number of benzene rings is 1. The minimum atomic E-state index is -0.473. The zero-order chi connectivity index (χ0) is 20.8. The van der Waals surface area contributed by atoms with E-state index in [9.17, 15) is 4.79 Å². The van der Waals surface area contributed by atoms with Gasteiger partial charge in [0, 0.05) is 22.2 Å². The number of ether oxygens (including phenoxy) is 2. The van der Waals surface area contributed by atoms with Crippen molar-refractivity contribution in [2.75, 3.05) is 6.79 Å². The molecular formula is C24H28N2O3. The fourth-order valence-corrected chi connectivity index (χ4v) is 3.58. The van der Waals surface area contributed by atoms with Crippen LogP contribution in [0.4, 0.5) is 0 Å². The summed E-state index contributed by atoms with van der Waals surface area (Å²) in [7, 11) is 0. The van der Waals surface area contributed by atoms with E-state index < -0.39 is 5.41 Å². The molecule has 0 atom stereocenters. The van der Waals surface area contributed by atoms with Crippen molar-refractivity contribution < 1.29 is 14.3 Å². The average Bonchev–Trinajstić information content (AvgIpc) is 3.18. The molecule has 2 aliphatic rings. The quantitative estimate of drug-likeness (QED) is 0.841. The summed E-state index contributed by atoms with van der Waals surface area (Å²) in [5.41, 5.74) is 2.49. The van der Waals surface area contributed by atoms with Crippen molar-refractivity contribution in [2.45, 2.75) is 51.4 Å². The van der Waals surface area contributed by atoms with Crippen LogP contribution < -0.4 is 25.4 Å². The van der Waals surface area contributed by atoms with Gasteiger partial charge in [-0.1, -0.05) is 33.4 Å². The van der Waals surface area contributed by atoms with Gasteiger partial charge in [-0.2, -0.15) is 0 Å². The molecule has 1 aliphatic carbocycles. The Bertz CT molecular complexity index is 1100. The number of amides is 1. The third kappa shape index (κ3) is 3.69. The highest BCUT2D eigenvalue weighted by Crippen LogP contribution is 2.50. The summed E-state index contributed by atoms with van der Waals surface area (Å²) in [6, 6.07) is 7.86. The molecule has 0 spiro atoms. The molecule has 4 rings (SSSR count). The molecule has 1 saturated carbocycles. The fourth-order valence-electron chi connectivity index (χ4n) is 3.58. The molecule has 1 fully saturated rings. The monoisotopic (exact) mass is 392 g/mol. The van der Waals surface area contributed by atoms with Crippen LogP contribution in [0.3, 0.4) is 0 Å². The van der Waals surface area contributed by atoms with Gasteiger partial charge >= 0.3 is 0 Å². The summed E-state index contributed by atoms with van der Waals surface area (Å²) in [6.45, 7) is 12.7. The Morgan fingerprint density at radius 3 is 2.59 bits per heavy atom. The molecule has 0 saturated heterocycles. The third-order valence-electron chi connectivity index (χ3n) is 5.66. The molecule has 2 N–H and O–H groups in total. The lowest BCUT2D eigenvalue weighted by Crippen LogP contribution is -2.33. The summed E-state index contributed by atoms with van der Waals surface area (Å²) >= 11 is 0. The average molecular weight is 392 g/mol. The molecule has 0 unspecified atom stereocenters. The summed E-state index contributed by atoms with van der Waals surface area (Å²) < 4.78 is 10.8. The van der Waals surface area contributed by atoms with Crippen LogP contribution in [-0.4, -0.2) is 17.7 Å². The number of aromatic nitrogens is 1. The van der Waals surface area contributed by atoms with Gasteiger partial charge < -0.3 is 19.8 Å². The Labute approximate surface area is 171 Å². The first kappa shape index (κ1) is 19.4. The van der Waals surface area contributed by atoms with Crippen LogP contribution in [-0.2, 0) is 15.6 Å². The van der Waals surface area contributed by atoms with Crippen molar-refractivity contribution in [3.63, 3.8) is 0 Å². The molecule has 5 nitrogen and oxygen atoms in total. The van der Waals surface area contributed by atoms with Crippen LogP contribution in [0.15, 0.2) is 36.0 Å². The number of fused-ring (bicyclic) bond motifs is 1. The number of carbonyl (C=O) groups is 1. The van der Waals surface area contributed by atoms with Crippen molar-refractivity contribution in [1.29, 1.82) is 0 Å². The molecule has 2 heterocycles. The van der Waals surface area contributed by atoms with E-state index in [-0.39, 0.29) is 18.1 Å². The van der Waals surface area contributed by atoms with Gasteiger partial charge in [0.05, 0.1) is 5.41 Å². The maximum absolute atomic E-state index is 13.0. The Morgan fingerprint density at radius 2 is 1.93 bits per heavy atom. The van der Waals surface area contributed by atoms with Crippen molar-refractivity contribution >= 4 is 18.6 Å². The number of rotatable bonds is 4. The summed E-state index contributed by atoms with van der Waals surface area (Å²) in [4.78, 5) is 16.4. The predicted molar refractivity (Wildman–Crippen MR) is 114 cm³/mol. The van der Waals surface area contributed by atoms with E-state index in [0.29, 0.717) is 5.75 Å². The lowest BCUT2D eigenvalue weighted by molar-refractivity contribution is -0.122. The van der Waals surface area contributed by atoms with Crippen molar-refractivity contribution in [1.82, 2.24) is 10.3 Å². The summed E-state index contributed by atoms with van der Waals surface area (Å²) in [5.74, 6) is 1.47. The molecule has 29 heavy (non-hydrogen) atoms. The number of carbonyl (C=O) groups excluding carboxylic acids is 1. The van der Waals surface area contributed by atoms with Crippen LogP contribution in [0.1, 0.15) is 51.8 Å². The van der Waals surface area contributed by atoms with E-state index in [2.05, 4.69) is 43.7 Å². The highest BCUT2D eigenvalue weighted by molar-refractivity contribution is 5.92. The number of aromatic amines is 1. The molecule has 0 radical (unpaired) electrons. The number of hydrogen-bond donors (Lipinski definition) is 2. The molecule has 0 bridgehead atoms. The summed E-state index contributed by atoms with van der Waals surface area (Å²) in [6.07, 6.45) is 5.56. The Kier molecular flexibility index (Phi) is 4.56. The SMILES string of the molecule is C=c1cc(C(C)(C)C)[nH]/c1=C/C=C(\C)NC(=O)C1(c2ccc3c(c2)OCO3)CC1. The normalized spacial score (nSPS) is 18.1. The van der Waals surface area contributed by atoms with Gasteiger partial charge in [0.25, 0.3) is 0 Å². The van der Waals surface area contributed by atoms with Crippen LogP contribution in [0.2, 0.25) is 0 Å². The first-order valence-corrected chi connectivity index (χ1v) is 9.98. The highest BCUT2D eigenvalue weighted by Gasteiger charge is 2.51. The lowest BCUT2D eigenvalue weighted by Gasteiger charge is -2.16. The Hall–Kier alpha value is -2.95. The van der Waals surface area contributed by atoms with Crippen molar-refractivity contribution in [3.8, 4) is 11.5 Å².